The van der Waals surface area contributed by atoms with Crippen LogP contribution in [-0.2, 0) is 11.3 Å². The number of carbonyl (C=O) groups is 2. The van der Waals surface area contributed by atoms with Crippen molar-refractivity contribution in [3.8, 4) is 0 Å². The highest BCUT2D eigenvalue weighted by Gasteiger charge is 2.19. The molecule has 6 nitrogen and oxygen atoms in total. The van der Waals surface area contributed by atoms with Gasteiger partial charge in [0.1, 0.15) is 12.0 Å². The lowest BCUT2D eigenvalue weighted by Gasteiger charge is -2.20. The summed E-state index contributed by atoms with van der Waals surface area (Å²) in [5, 5.41) is 2.85. The fourth-order valence-corrected chi connectivity index (χ4v) is 2.14. The van der Waals surface area contributed by atoms with E-state index in [-0.39, 0.29) is 18.2 Å². The quantitative estimate of drug-likeness (QED) is 0.721. The van der Waals surface area contributed by atoms with E-state index < -0.39 is 0 Å². The summed E-state index contributed by atoms with van der Waals surface area (Å²) in [7, 11) is 0. The van der Waals surface area contributed by atoms with E-state index in [1.165, 1.54) is 12.5 Å². The SMILES string of the molecule is CCCCNC(=O)CCN(Cc1ccco1)C(=O)c1ccoc1. The van der Waals surface area contributed by atoms with Gasteiger partial charge in [-0.3, -0.25) is 9.59 Å². The molecule has 0 atom stereocenters. The molecule has 0 bridgehead atoms. The molecule has 124 valence electrons. The number of carbonyl (C=O) groups excluding carboxylic acids is 2. The van der Waals surface area contributed by atoms with Crippen molar-refractivity contribution in [2.24, 2.45) is 0 Å². The van der Waals surface area contributed by atoms with Gasteiger partial charge in [0, 0.05) is 19.5 Å². The van der Waals surface area contributed by atoms with Crippen molar-refractivity contribution in [2.45, 2.75) is 32.7 Å². The van der Waals surface area contributed by atoms with Gasteiger partial charge in [-0.15, -0.1) is 0 Å². The average Bonchev–Trinajstić information content (AvgIpc) is 3.24. The summed E-state index contributed by atoms with van der Waals surface area (Å²) in [6, 6.07) is 5.18. The molecule has 0 aliphatic rings. The lowest BCUT2D eigenvalue weighted by Crippen LogP contribution is -2.35. The van der Waals surface area contributed by atoms with Crippen molar-refractivity contribution in [1.29, 1.82) is 0 Å². The largest absolute Gasteiger partial charge is 0.472 e. The summed E-state index contributed by atoms with van der Waals surface area (Å²) in [5.41, 5.74) is 0.461. The molecular formula is C17H22N2O4. The normalized spacial score (nSPS) is 10.5. The van der Waals surface area contributed by atoms with Crippen LogP contribution in [-0.4, -0.2) is 29.8 Å². The zero-order valence-electron chi connectivity index (χ0n) is 13.3. The highest BCUT2D eigenvalue weighted by Crippen LogP contribution is 2.11. The lowest BCUT2D eigenvalue weighted by molar-refractivity contribution is -0.121. The van der Waals surface area contributed by atoms with Crippen molar-refractivity contribution in [3.63, 3.8) is 0 Å². The Balaban J connectivity index is 1.93. The molecule has 0 spiro atoms. The van der Waals surface area contributed by atoms with Gasteiger partial charge < -0.3 is 19.1 Å². The van der Waals surface area contributed by atoms with Gasteiger partial charge in [-0.2, -0.15) is 0 Å². The summed E-state index contributed by atoms with van der Waals surface area (Å²) in [6.45, 7) is 3.38. The number of hydrogen-bond acceptors (Lipinski definition) is 4. The third kappa shape index (κ3) is 5.32. The van der Waals surface area contributed by atoms with E-state index in [9.17, 15) is 9.59 Å². The van der Waals surface area contributed by atoms with E-state index in [4.69, 9.17) is 8.83 Å². The van der Waals surface area contributed by atoms with Crippen LogP contribution >= 0.6 is 0 Å². The monoisotopic (exact) mass is 318 g/mol. The number of nitrogens with one attached hydrogen (secondary N) is 1. The van der Waals surface area contributed by atoms with Crippen LogP contribution < -0.4 is 5.32 Å². The van der Waals surface area contributed by atoms with Gasteiger partial charge in [-0.1, -0.05) is 13.3 Å². The standard InChI is InChI=1S/C17H22N2O4/c1-2-3-8-18-16(20)6-9-19(12-15-5-4-10-23-15)17(21)14-7-11-22-13-14/h4-5,7,10-11,13H,2-3,6,8-9,12H2,1H3,(H,18,20). The second kappa shape index (κ2) is 8.82. The maximum absolute atomic E-state index is 12.5. The molecular weight excluding hydrogens is 296 g/mol. The highest BCUT2D eigenvalue weighted by molar-refractivity contribution is 5.94. The van der Waals surface area contributed by atoms with Crippen LogP contribution in [0.1, 0.15) is 42.3 Å². The Morgan fingerprint density at radius 1 is 1.26 bits per heavy atom. The molecule has 0 radical (unpaired) electrons. The minimum atomic E-state index is -0.184. The van der Waals surface area contributed by atoms with Gasteiger partial charge in [-0.25, -0.2) is 0 Å². The minimum Gasteiger partial charge on any atom is -0.472 e. The number of hydrogen-bond donors (Lipinski definition) is 1. The molecule has 6 heteroatoms. The van der Waals surface area contributed by atoms with E-state index in [2.05, 4.69) is 12.2 Å². The van der Waals surface area contributed by atoms with Crippen LogP contribution in [0.5, 0.6) is 0 Å². The summed E-state index contributed by atoms with van der Waals surface area (Å²) >= 11 is 0. The lowest BCUT2D eigenvalue weighted by atomic mass is 10.2. The fourth-order valence-electron chi connectivity index (χ4n) is 2.14. The molecule has 1 N–H and O–H groups in total. The van der Waals surface area contributed by atoms with Gasteiger partial charge in [0.2, 0.25) is 5.91 Å². The maximum Gasteiger partial charge on any atom is 0.257 e. The molecule has 2 aromatic heterocycles. The number of amides is 2. The Kier molecular flexibility index (Phi) is 6.47. The summed E-state index contributed by atoms with van der Waals surface area (Å²) in [5.74, 6) is 0.438. The zero-order chi connectivity index (χ0) is 16.5. The van der Waals surface area contributed by atoms with Crippen molar-refractivity contribution >= 4 is 11.8 Å². The number of nitrogens with zero attached hydrogens (tertiary/aromatic N) is 1. The molecule has 23 heavy (non-hydrogen) atoms. The average molecular weight is 318 g/mol. The topological polar surface area (TPSA) is 75.7 Å². The Bertz CT molecular complexity index is 590. The van der Waals surface area contributed by atoms with Gasteiger partial charge in [-0.05, 0) is 24.6 Å². The highest BCUT2D eigenvalue weighted by atomic mass is 16.3. The third-order valence-corrected chi connectivity index (χ3v) is 3.44. The van der Waals surface area contributed by atoms with E-state index in [1.807, 2.05) is 0 Å². The second-order valence-electron chi connectivity index (χ2n) is 5.27. The van der Waals surface area contributed by atoms with Gasteiger partial charge >= 0.3 is 0 Å². The maximum atomic E-state index is 12.5. The number of rotatable bonds is 9. The number of furan rings is 2. The van der Waals surface area contributed by atoms with Crippen molar-refractivity contribution < 1.29 is 18.4 Å². The molecule has 2 aromatic rings. The fraction of sp³-hybridized carbons (Fsp3) is 0.412. The van der Waals surface area contributed by atoms with Crippen LogP contribution in [0.4, 0.5) is 0 Å². The van der Waals surface area contributed by atoms with Gasteiger partial charge in [0.15, 0.2) is 0 Å². The Morgan fingerprint density at radius 2 is 2.13 bits per heavy atom. The van der Waals surface area contributed by atoms with Crippen LogP contribution in [0.2, 0.25) is 0 Å². The molecule has 0 saturated heterocycles. The van der Waals surface area contributed by atoms with E-state index in [0.717, 1.165) is 12.8 Å². The van der Waals surface area contributed by atoms with Crippen molar-refractivity contribution in [2.75, 3.05) is 13.1 Å². The Labute approximate surface area is 135 Å². The molecule has 0 unspecified atom stereocenters. The summed E-state index contributed by atoms with van der Waals surface area (Å²) in [6.07, 6.45) is 6.66. The number of unbranched alkanes of at least 4 members (excludes halogenated alkanes) is 1. The second-order valence-corrected chi connectivity index (χ2v) is 5.27. The Morgan fingerprint density at radius 3 is 2.78 bits per heavy atom. The predicted octanol–water partition coefficient (Wildman–Crippen LogP) is 2.82. The van der Waals surface area contributed by atoms with Crippen LogP contribution in [0, 0.1) is 0 Å². The smallest absolute Gasteiger partial charge is 0.257 e. The molecule has 2 rings (SSSR count). The van der Waals surface area contributed by atoms with Crippen molar-refractivity contribution in [1.82, 2.24) is 10.2 Å². The molecule has 2 heterocycles. The van der Waals surface area contributed by atoms with E-state index in [0.29, 0.717) is 31.0 Å². The third-order valence-electron chi connectivity index (χ3n) is 3.44. The van der Waals surface area contributed by atoms with E-state index in [1.54, 1.807) is 29.4 Å². The van der Waals surface area contributed by atoms with Gasteiger partial charge in [0.05, 0.1) is 24.6 Å². The van der Waals surface area contributed by atoms with Gasteiger partial charge in [0.25, 0.3) is 5.91 Å². The van der Waals surface area contributed by atoms with Crippen LogP contribution in [0.3, 0.4) is 0 Å². The van der Waals surface area contributed by atoms with Crippen molar-refractivity contribution in [3.05, 3.63) is 48.3 Å². The van der Waals surface area contributed by atoms with E-state index >= 15 is 0 Å². The van der Waals surface area contributed by atoms with Crippen LogP contribution in [0.15, 0.2) is 45.8 Å². The first-order valence-electron chi connectivity index (χ1n) is 7.81. The molecule has 0 aromatic carbocycles. The zero-order valence-corrected chi connectivity index (χ0v) is 13.3. The molecule has 0 aliphatic heterocycles. The first kappa shape index (κ1) is 16.9. The summed E-state index contributed by atoms with van der Waals surface area (Å²) in [4.78, 5) is 25.9. The van der Waals surface area contributed by atoms with Crippen LogP contribution in [0.25, 0.3) is 0 Å². The molecule has 0 saturated carbocycles. The first-order chi connectivity index (χ1) is 11.2. The Hall–Kier alpha value is -2.50. The predicted molar refractivity (Wildman–Crippen MR) is 84.7 cm³/mol. The molecule has 2 amide bonds. The minimum absolute atomic E-state index is 0.0529. The first-order valence-corrected chi connectivity index (χ1v) is 7.81. The molecule has 0 fully saturated rings. The summed E-state index contributed by atoms with van der Waals surface area (Å²) < 4.78 is 10.3. The molecule has 0 aliphatic carbocycles.